The second-order valence-electron chi connectivity index (χ2n) is 4.10. The van der Waals surface area contributed by atoms with Crippen LogP contribution in [0.5, 0.6) is 0 Å². The average molecular weight is 196 g/mol. The minimum absolute atomic E-state index is 0.106. The maximum absolute atomic E-state index is 11.5. The van der Waals surface area contributed by atoms with Gasteiger partial charge in [0.25, 0.3) is 0 Å². The Balaban J connectivity index is 2.20. The van der Waals surface area contributed by atoms with Crippen LogP contribution in [0, 0.1) is 0 Å². The molecular formula is C11H20N2O. The maximum atomic E-state index is 11.5. The summed E-state index contributed by atoms with van der Waals surface area (Å²) in [6.45, 7) is 7.63. The van der Waals surface area contributed by atoms with Crippen LogP contribution in [-0.4, -0.2) is 24.0 Å². The second-order valence-corrected chi connectivity index (χ2v) is 4.10. The van der Waals surface area contributed by atoms with Gasteiger partial charge < -0.3 is 10.6 Å². The number of hydrogen-bond acceptors (Lipinski definition) is 2. The van der Waals surface area contributed by atoms with Gasteiger partial charge in [0.1, 0.15) is 0 Å². The SMILES string of the molecule is C=CCC(C)NC(C)C(=O)NC1CC1. The van der Waals surface area contributed by atoms with Crippen LogP contribution in [0.2, 0.25) is 0 Å². The van der Waals surface area contributed by atoms with Crippen LogP contribution in [0.1, 0.15) is 33.1 Å². The number of amides is 1. The van der Waals surface area contributed by atoms with Gasteiger partial charge in [-0.2, -0.15) is 0 Å². The Kier molecular flexibility index (Phi) is 4.14. The Morgan fingerprint density at radius 2 is 2.21 bits per heavy atom. The van der Waals surface area contributed by atoms with E-state index < -0.39 is 0 Å². The van der Waals surface area contributed by atoms with Crippen LogP contribution < -0.4 is 10.6 Å². The molecule has 2 atom stereocenters. The topological polar surface area (TPSA) is 41.1 Å². The highest BCUT2D eigenvalue weighted by Crippen LogP contribution is 2.18. The largest absolute Gasteiger partial charge is 0.352 e. The summed E-state index contributed by atoms with van der Waals surface area (Å²) in [5.74, 6) is 0.114. The average Bonchev–Trinajstić information content (AvgIpc) is 2.88. The van der Waals surface area contributed by atoms with Gasteiger partial charge in [0, 0.05) is 12.1 Å². The third-order valence-corrected chi connectivity index (χ3v) is 2.37. The fourth-order valence-corrected chi connectivity index (χ4v) is 1.37. The molecular weight excluding hydrogens is 176 g/mol. The van der Waals surface area contributed by atoms with Gasteiger partial charge in [0.2, 0.25) is 5.91 Å². The van der Waals surface area contributed by atoms with E-state index in [-0.39, 0.29) is 11.9 Å². The lowest BCUT2D eigenvalue weighted by Gasteiger charge is -2.18. The molecule has 0 spiro atoms. The van der Waals surface area contributed by atoms with E-state index in [0.717, 1.165) is 19.3 Å². The van der Waals surface area contributed by atoms with Crippen molar-refractivity contribution < 1.29 is 4.79 Å². The first-order valence-electron chi connectivity index (χ1n) is 5.30. The summed E-state index contributed by atoms with van der Waals surface area (Å²) < 4.78 is 0. The van der Waals surface area contributed by atoms with Crippen LogP contribution in [0.25, 0.3) is 0 Å². The third kappa shape index (κ3) is 3.92. The van der Waals surface area contributed by atoms with E-state index in [2.05, 4.69) is 24.1 Å². The fraction of sp³-hybridized carbons (Fsp3) is 0.727. The van der Waals surface area contributed by atoms with E-state index in [4.69, 9.17) is 0 Å². The van der Waals surface area contributed by atoms with Crippen molar-refractivity contribution in [1.29, 1.82) is 0 Å². The Morgan fingerprint density at radius 1 is 1.57 bits per heavy atom. The van der Waals surface area contributed by atoms with Crippen LogP contribution in [-0.2, 0) is 4.79 Å². The number of hydrogen-bond donors (Lipinski definition) is 2. The molecule has 1 fully saturated rings. The van der Waals surface area contributed by atoms with Gasteiger partial charge in [-0.05, 0) is 33.1 Å². The molecule has 0 aromatic heterocycles. The van der Waals surface area contributed by atoms with Crippen molar-refractivity contribution >= 4 is 5.91 Å². The van der Waals surface area contributed by atoms with Crippen LogP contribution in [0.15, 0.2) is 12.7 Å². The van der Waals surface area contributed by atoms with Crippen LogP contribution in [0.3, 0.4) is 0 Å². The van der Waals surface area contributed by atoms with Gasteiger partial charge in [-0.25, -0.2) is 0 Å². The molecule has 1 saturated carbocycles. The van der Waals surface area contributed by atoms with Crippen molar-refractivity contribution in [3.8, 4) is 0 Å². The van der Waals surface area contributed by atoms with Gasteiger partial charge in [0.05, 0.1) is 6.04 Å². The quantitative estimate of drug-likeness (QED) is 0.627. The first-order valence-corrected chi connectivity index (χ1v) is 5.30. The molecule has 14 heavy (non-hydrogen) atoms. The number of carbonyl (C=O) groups is 1. The normalized spacial score (nSPS) is 19.9. The van der Waals surface area contributed by atoms with E-state index in [1.807, 2.05) is 13.0 Å². The molecule has 0 aromatic carbocycles. The fourth-order valence-electron chi connectivity index (χ4n) is 1.37. The van der Waals surface area contributed by atoms with Crippen molar-refractivity contribution in [2.45, 2.75) is 51.2 Å². The molecule has 0 saturated heterocycles. The lowest BCUT2D eigenvalue weighted by Crippen LogP contribution is -2.46. The van der Waals surface area contributed by atoms with Gasteiger partial charge in [-0.3, -0.25) is 4.79 Å². The lowest BCUT2D eigenvalue weighted by atomic mass is 10.2. The summed E-state index contributed by atoms with van der Waals surface area (Å²) in [7, 11) is 0. The highest BCUT2D eigenvalue weighted by Gasteiger charge is 2.25. The second kappa shape index (κ2) is 5.15. The molecule has 3 heteroatoms. The Labute approximate surface area is 86.0 Å². The zero-order chi connectivity index (χ0) is 10.6. The van der Waals surface area contributed by atoms with Gasteiger partial charge in [-0.15, -0.1) is 6.58 Å². The Hall–Kier alpha value is -0.830. The molecule has 80 valence electrons. The highest BCUT2D eigenvalue weighted by atomic mass is 16.2. The molecule has 2 unspecified atom stereocenters. The molecule has 0 bridgehead atoms. The van der Waals surface area contributed by atoms with E-state index >= 15 is 0 Å². The molecule has 0 aliphatic heterocycles. The zero-order valence-corrected chi connectivity index (χ0v) is 9.05. The predicted octanol–water partition coefficient (Wildman–Crippen LogP) is 1.21. The standard InChI is InChI=1S/C11H20N2O/c1-4-5-8(2)12-9(3)11(14)13-10-6-7-10/h4,8-10,12H,1,5-7H2,2-3H3,(H,13,14). The lowest BCUT2D eigenvalue weighted by molar-refractivity contribution is -0.123. The Bertz CT molecular complexity index is 211. The summed E-state index contributed by atoms with van der Waals surface area (Å²) in [4.78, 5) is 11.5. The molecule has 1 amide bonds. The summed E-state index contributed by atoms with van der Waals surface area (Å²) in [6, 6.07) is 0.652. The van der Waals surface area contributed by atoms with Gasteiger partial charge in [0.15, 0.2) is 0 Å². The maximum Gasteiger partial charge on any atom is 0.237 e. The predicted molar refractivity (Wildman–Crippen MR) is 58.0 cm³/mol. The number of rotatable bonds is 6. The summed E-state index contributed by atoms with van der Waals surface area (Å²) in [5.41, 5.74) is 0. The van der Waals surface area contributed by atoms with E-state index in [9.17, 15) is 4.79 Å². The number of carbonyl (C=O) groups excluding carboxylic acids is 1. The molecule has 0 radical (unpaired) electrons. The van der Waals surface area contributed by atoms with Crippen molar-refractivity contribution in [3.63, 3.8) is 0 Å². The third-order valence-electron chi connectivity index (χ3n) is 2.37. The summed E-state index contributed by atoms with van der Waals surface area (Å²) in [6.07, 6.45) is 5.03. The first kappa shape index (κ1) is 11.2. The zero-order valence-electron chi connectivity index (χ0n) is 9.05. The van der Waals surface area contributed by atoms with Gasteiger partial charge in [-0.1, -0.05) is 6.08 Å². The minimum atomic E-state index is -0.106. The van der Waals surface area contributed by atoms with E-state index in [1.54, 1.807) is 0 Å². The molecule has 1 rings (SSSR count). The molecule has 1 aliphatic carbocycles. The van der Waals surface area contributed by atoms with Crippen molar-refractivity contribution in [2.75, 3.05) is 0 Å². The van der Waals surface area contributed by atoms with Gasteiger partial charge >= 0.3 is 0 Å². The summed E-state index contributed by atoms with van der Waals surface area (Å²) >= 11 is 0. The van der Waals surface area contributed by atoms with Crippen molar-refractivity contribution in [2.24, 2.45) is 0 Å². The molecule has 0 aromatic rings. The van der Waals surface area contributed by atoms with Crippen molar-refractivity contribution in [3.05, 3.63) is 12.7 Å². The molecule has 1 aliphatic rings. The minimum Gasteiger partial charge on any atom is -0.352 e. The number of nitrogens with one attached hydrogen (secondary N) is 2. The Morgan fingerprint density at radius 3 is 2.71 bits per heavy atom. The van der Waals surface area contributed by atoms with Crippen LogP contribution >= 0.6 is 0 Å². The monoisotopic (exact) mass is 196 g/mol. The highest BCUT2D eigenvalue weighted by molar-refractivity contribution is 5.81. The molecule has 2 N–H and O–H groups in total. The molecule has 0 heterocycles. The van der Waals surface area contributed by atoms with E-state index in [0.29, 0.717) is 12.1 Å². The molecule has 3 nitrogen and oxygen atoms in total. The van der Waals surface area contributed by atoms with Crippen molar-refractivity contribution in [1.82, 2.24) is 10.6 Å². The first-order chi connectivity index (χ1) is 6.63. The van der Waals surface area contributed by atoms with Crippen LogP contribution in [0.4, 0.5) is 0 Å². The smallest absolute Gasteiger partial charge is 0.237 e. The van der Waals surface area contributed by atoms with E-state index in [1.165, 1.54) is 0 Å². The summed E-state index contributed by atoms with van der Waals surface area (Å²) in [5, 5.41) is 6.20.